The van der Waals surface area contributed by atoms with Crippen molar-refractivity contribution < 1.29 is 19.1 Å². The molecular weight excluding hydrogens is 322 g/mol. The summed E-state index contributed by atoms with van der Waals surface area (Å²) >= 11 is 0. The zero-order chi connectivity index (χ0) is 19.4. The number of rotatable bonds is 6. The Morgan fingerprint density at radius 2 is 1.76 bits per heavy atom. The van der Waals surface area contributed by atoms with Gasteiger partial charge in [-0.1, -0.05) is 0 Å². The van der Waals surface area contributed by atoms with Crippen LogP contribution >= 0.6 is 0 Å². The summed E-state index contributed by atoms with van der Waals surface area (Å²) in [5, 5.41) is 2.85. The molecular formula is C18H29N3O4. The summed E-state index contributed by atoms with van der Waals surface area (Å²) in [6.45, 7) is 13.2. The van der Waals surface area contributed by atoms with Crippen molar-refractivity contribution >= 4 is 17.8 Å². The molecule has 0 aliphatic rings. The number of esters is 1. The number of H-pyrrole nitrogens is 1. The fourth-order valence-electron chi connectivity index (χ4n) is 2.56. The summed E-state index contributed by atoms with van der Waals surface area (Å²) in [6.07, 6.45) is 0. The Balaban J connectivity index is 3.00. The lowest BCUT2D eigenvalue weighted by molar-refractivity contribution is 0.0519. The number of nitrogens with zero attached hydrogens (tertiary/aromatic N) is 1. The van der Waals surface area contributed by atoms with Gasteiger partial charge in [0.25, 0.3) is 0 Å². The average molecular weight is 351 g/mol. The standard InChI is InChI=1S/C18H29N3O4/c1-8-21(17(24)20-18(5,6)7)10-13(22)14-11(3)15(19-12(14)4)16(23)25-9-2/h19H,8-10H2,1-7H3,(H,20,24). The molecule has 0 atom stereocenters. The van der Waals surface area contributed by atoms with Crippen LogP contribution in [0.2, 0.25) is 0 Å². The summed E-state index contributed by atoms with van der Waals surface area (Å²) in [7, 11) is 0. The molecule has 0 aromatic carbocycles. The summed E-state index contributed by atoms with van der Waals surface area (Å²) in [5.41, 5.74) is 1.48. The molecule has 25 heavy (non-hydrogen) atoms. The summed E-state index contributed by atoms with van der Waals surface area (Å²) in [5.74, 6) is -0.701. The first kappa shape index (κ1) is 20.7. The predicted octanol–water partition coefficient (Wildman–Crippen LogP) is 2.82. The average Bonchev–Trinajstić information content (AvgIpc) is 2.78. The van der Waals surface area contributed by atoms with Gasteiger partial charge in [0, 0.05) is 23.3 Å². The van der Waals surface area contributed by atoms with Crippen molar-refractivity contribution in [2.24, 2.45) is 0 Å². The van der Waals surface area contributed by atoms with Gasteiger partial charge in [-0.25, -0.2) is 9.59 Å². The quantitative estimate of drug-likeness (QED) is 0.609. The minimum absolute atomic E-state index is 0.0553. The normalized spacial score (nSPS) is 11.2. The van der Waals surface area contributed by atoms with Gasteiger partial charge in [0.2, 0.25) is 0 Å². The number of aryl methyl sites for hydroxylation is 1. The molecule has 140 valence electrons. The third-order valence-corrected chi connectivity index (χ3v) is 3.68. The van der Waals surface area contributed by atoms with E-state index >= 15 is 0 Å². The molecule has 0 saturated heterocycles. The van der Waals surface area contributed by atoms with E-state index in [4.69, 9.17) is 4.74 Å². The molecule has 0 radical (unpaired) electrons. The topological polar surface area (TPSA) is 91.5 Å². The van der Waals surface area contributed by atoms with Crippen LogP contribution < -0.4 is 5.32 Å². The van der Waals surface area contributed by atoms with E-state index in [2.05, 4.69) is 10.3 Å². The van der Waals surface area contributed by atoms with Crippen molar-refractivity contribution in [3.63, 3.8) is 0 Å². The minimum Gasteiger partial charge on any atom is -0.461 e. The van der Waals surface area contributed by atoms with Crippen LogP contribution in [0.1, 0.15) is 66.7 Å². The molecule has 1 heterocycles. The number of likely N-dealkylation sites (N-methyl/N-ethyl adjacent to an activating group) is 1. The first-order valence-corrected chi connectivity index (χ1v) is 8.48. The number of carbonyl (C=O) groups excluding carboxylic acids is 3. The maximum Gasteiger partial charge on any atom is 0.355 e. The van der Waals surface area contributed by atoms with Gasteiger partial charge in [-0.05, 0) is 54.0 Å². The molecule has 1 aromatic rings. The lowest BCUT2D eigenvalue weighted by Crippen LogP contribution is -2.49. The van der Waals surface area contributed by atoms with Crippen molar-refractivity contribution in [2.45, 2.75) is 54.0 Å². The second-order valence-electron chi connectivity index (χ2n) is 6.96. The highest BCUT2D eigenvalue weighted by molar-refractivity contribution is 6.04. The second kappa shape index (κ2) is 8.18. The van der Waals surface area contributed by atoms with Gasteiger partial charge in [-0.15, -0.1) is 0 Å². The zero-order valence-corrected chi connectivity index (χ0v) is 16.2. The number of Topliss-reactive ketones (excluding diaryl/α,β-unsaturated/α-hetero) is 1. The van der Waals surface area contributed by atoms with E-state index in [1.165, 1.54) is 4.90 Å². The van der Waals surface area contributed by atoms with E-state index in [0.717, 1.165) is 0 Å². The Kier molecular flexibility index (Phi) is 6.78. The van der Waals surface area contributed by atoms with Crippen LogP contribution in [0.15, 0.2) is 0 Å². The number of hydrogen-bond acceptors (Lipinski definition) is 4. The van der Waals surface area contributed by atoms with Gasteiger partial charge in [0.15, 0.2) is 5.78 Å². The number of nitrogens with one attached hydrogen (secondary N) is 2. The second-order valence-corrected chi connectivity index (χ2v) is 6.96. The number of aromatic amines is 1. The number of ketones is 1. The molecule has 2 amide bonds. The summed E-state index contributed by atoms with van der Waals surface area (Å²) in [6, 6.07) is -0.292. The first-order chi connectivity index (χ1) is 11.5. The van der Waals surface area contributed by atoms with Crippen molar-refractivity contribution in [3.05, 3.63) is 22.5 Å². The fourth-order valence-corrected chi connectivity index (χ4v) is 2.56. The molecule has 7 heteroatoms. The number of aromatic nitrogens is 1. The maximum atomic E-state index is 12.7. The molecule has 1 aromatic heterocycles. The molecule has 2 N–H and O–H groups in total. The Hall–Kier alpha value is -2.31. The summed E-state index contributed by atoms with van der Waals surface area (Å²) < 4.78 is 5.00. The Labute approximate surface area is 149 Å². The van der Waals surface area contributed by atoms with Gasteiger partial charge in [0.05, 0.1) is 13.2 Å². The molecule has 0 spiro atoms. The lowest BCUT2D eigenvalue weighted by Gasteiger charge is -2.27. The number of ether oxygens (including phenoxy) is 1. The highest BCUT2D eigenvalue weighted by Crippen LogP contribution is 2.20. The number of hydrogen-bond donors (Lipinski definition) is 2. The van der Waals surface area contributed by atoms with E-state index in [0.29, 0.717) is 23.4 Å². The molecule has 0 fully saturated rings. The van der Waals surface area contributed by atoms with E-state index in [1.54, 1.807) is 20.8 Å². The Bertz CT molecular complexity index is 656. The molecule has 7 nitrogen and oxygen atoms in total. The summed E-state index contributed by atoms with van der Waals surface area (Å²) in [4.78, 5) is 41.4. The van der Waals surface area contributed by atoms with E-state index in [-0.39, 0.29) is 36.2 Å². The van der Waals surface area contributed by atoms with Gasteiger partial charge >= 0.3 is 12.0 Å². The predicted molar refractivity (Wildman–Crippen MR) is 96.1 cm³/mol. The lowest BCUT2D eigenvalue weighted by atomic mass is 10.1. The molecule has 1 rings (SSSR count). The Morgan fingerprint density at radius 3 is 2.24 bits per heavy atom. The van der Waals surface area contributed by atoms with Gasteiger partial charge < -0.3 is 19.9 Å². The molecule has 0 aliphatic carbocycles. The largest absolute Gasteiger partial charge is 0.461 e. The third-order valence-electron chi connectivity index (χ3n) is 3.68. The monoisotopic (exact) mass is 351 g/mol. The van der Waals surface area contributed by atoms with Crippen LogP contribution in [-0.4, -0.2) is 52.9 Å². The zero-order valence-electron chi connectivity index (χ0n) is 16.2. The number of amides is 2. The molecule has 0 bridgehead atoms. The maximum absolute atomic E-state index is 12.7. The molecule has 0 aliphatic heterocycles. The highest BCUT2D eigenvalue weighted by atomic mass is 16.5. The van der Waals surface area contributed by atoms with Crippen molar-refractivity contribution in [3.8, 4) is 0 Å². The molecule has 0 unspecified atom stereocenters. The SMILES string of the molecule is CCOC(=O)c1[nH]c(C)c(C(=O)CN(CC)C(=O)NC(C)(C)C)c1C. The Morgan fingerprint density at radius 1 is 1.16 bits per heavy atom. The van der Waals surface area contributed by atoms with Gasteiger partial charge in [-0.2, -0.15) is 0 Å². The van der Waals surface area contributed by atoms with Crippen molar-refractivity contribution in [1.82, 2.24) is 15.2 Å². The third kappa shape index (κ3) is 5.34. The van der Waals surface area contributed by atoms with Crippen LogP contribution in [0.4, 0.5) is 4.79 Å². The van der Waals surface area contributed by atoms with Crippen LogP contribution in [-0.2, 0) is 4.74 Å². The smallest absolute Gasteiger partial charge is 0.355 e. The van der Waals surface area contributed by atoms with Crippen LogP contribution in [0, 0.1) is 13.8 Å². The van der Waals surface area contributed by atoms with Crippen molar-refractivity contribution in [2.75, 3.05) is 19.7 Å². The van der Waals surface area contributed by atoms with Gasteiger partial charge in [0.1, 0.15) is 5.69 Å². The number of urea groups is 1. The van der Waals surface area contributed by atoms with E-state index in [1.807, 2.05) is 27.7 Å². The van der Waals surface area contributed by atoms with E-state index in [9.17, 15) is 14.4 Å². The highest BCUT2D eigenvalue weighted by Gasteiger charge is 2.26. The van der Waals surface area contributed by atoms with Crippen LogP contribution in [0.25, 0.3) is 0 Å². The van der Waals surface area contributed by atoms with Crippen LogP contribution in [0.5, 0.6) is 0 Å². The first-order valence-electron chi connectivity index (χ1n) is 8.48. The van der Waals surface area contributed by atoms with Crippen LogP contribution in [0.3, 0.4) is 0 Å². The fraction of sp³-hybridized carbons (Fsp3) is 0.611. The minimum atomic E-state index is -0.486. The van der Waals surface area contributed by atoms with Gasteiger partial charge in [-0.3, -0.25) is 4.79 Å². The molecule has 0 saturated carbocycles. The van der Waals surface area contributed by atoms with E-state index < -0.39 is 5.97 Å². The van der Waals surface area contributed by atoms with Crippen molar-refractivity contribution in [1.29, 1.82) is 0 Å². The number of carbonyl (C=O) groups is 3.